The van der Waals surface area contributed by atoms with Crippen molar-refractivity contribution in [1.29, 1.82) is 0 Å². The number of carbonyl (C=O) groups is 1. The summed E-state index contributed by atoms with van der Waals surface area (Å²) in [4.78, 5) is 23.0. The molecule has 1 fully saturated rings. The molecule has 2 amide bonds. The minimum atomic E-state index is -3.09. The van der Waals surface area contributed by atoms with Crippen molar-refractivity contribution < 1.29 is 13.6 Å². The lowest BCUT2D eigenvalue weighted by atomic mass is 10.0. The highest BCUT2D eigenvalue weighted by atomic mass is 32.1. The molecule has 3 N–H and O–H groups in total. The van der Waals surface area contributed by atoms with Crippen LogP contribution in [0.2, 0.25) is 0 Å². The Morgan fingerprint density at radius 2 is 2.11 bits per heavy atom. The Morgan fingerprint density at radius 3 is 2.82 bits per heavy atom. The Bertz CT molecular complexity index is 1040. The molecule has 0 spiro atoms. The minimum Gasteiger partial charge on any atom is -0.323 e. The summed E-state index contributed by atoms with van der Waals surface area (Å²) in [7, 11) is 0. The average Bonchev–Trinajstić information content (AvgIpc) is 3.09. The van der Waals surface area contributed by atoms with Crippen LogP contribution in [-0.4, -0.2) is 46.0 Å². The molecular formula is C19H19F2N5OS. The van der Waals surface area contributed by atoms with Crippen molar-refractivity contribution in [2.75, 3.05) is 18.4 Å². The van der Waals surface area contributed by atoms with Gasteiger partial charge >= 0.3 is 6.03 Å². The number of likely N-dealkylation sites (tertiary alicyclic amines) is 1. The van der Waals surface area contributed by atoms with E-state index in [0.29, 0.717) is 5.82 Å². The Kier molecular flexibility index (Phi) is 4.72. The predicted molar refractivity (Wildman–Crippen MR) is 106 cm³/mol. The van der Waals surface area contributed by atoms with Gasteiger partial charge in [0.1, 0.15) is 5.82 Å². The maximum Gasteiger partial charge on any atom is 0.323 e. The lowest BCUT2D eigenvalue weighted by Crippen LogP contribution is -2.57. The second-order valence-corrected chi connectivity index (χ2v) is 8.12. The van der Waals surface area contributed by atoms with E-state index in [1.54, 1.807) is 23.6 Å². The third-order valence-electron chi connectivity index (χ3n) is 4.80. The van der Waals surface area contributed by atoms with Crippen LogP contribution in [0.1, 0.15) is 11.4 Å². The van der Waals surface area contributed by atoms with Gasteiger partial charge < -0.3 is 10.6 Å². The third kappa shape index (κ3) is 3.67. The Labute approximate surface area is 164 Å². The van der Waals surface area contributed by atoms with Crippen LogP contribution in [0.4, 0.5) is 19.4 Å². The summed E-state index contributed by atoms with van der Waals surface area (Å²) >= 11 is 1.60. The zero-order valence-corrected chi connectivity index (χ0v) is 16.0. The van der Waals surface area contributed by atoms with Crippen LogP contribution in [0.5, 0.6) is 0 Å². The van der Waals surface area contributed by atoms with Crippen LogP contribution in [0.25, 0.3) is 21.2 Å². The van der Waals surface area contributed by atoms with Crippen molar-refractivity contribution in [3.8, 4) is 10.4 Å². The molecule has 0 bridgehead atoms. The molecule has 9 heteroatoms. The highest BCUT2D eigenvalue weighted by Crippen LogP contribution is 2.30. The number of nitrogens with two attached hydrogens (primary N) is 1. The third-order valence-corrected chi connectivity index (χ3v) is 5.77. The van der Waals surface area contributed by atoms with Gasteiger partial charge in [0.05, 0.1) is 22.5 Å². The monoisotopic (exact) mass is 403 g/mol. The van der Waals surface area contributed by atoms with Gasteiger partial charge in [-0.15, -0.1) is 11.3 Å². The van der Waals surface area contributed by atoms with Gasteiger partial charge in [-0.05, 0) is 36.4 Å². The van der Waals surface area contributed by atoms with Crippen LogP contribution in [0, 0.1) is 6.92 Å². The molecule has 1 unspecified atom stereocenters. The largest absolute Gasteiger partial charge is 0.323 e. The van der Waals surface area contributed by atoms with Gasteiger partial charge in [-0.2, -0.15) is 0 Å². The first-order valence-corrected chi connectivity index (χ1v) is 9.65. The normalized spacial score (nSPS) is 19.0. The summed E-state index contributed by atoms with van der Waals surface area (Å²) in [6.07, 6.45) is 3.53. The number of amides is 2. The molecule has 1 aliphatic rings. The van der Waals surface area contributed by atoms with Gasteiger partial charge in [0.25, 0.3) is 5.92 Å². The molecule has 0 radical (unpaired) electrons. The van der Waals surface area contributed by atoms with Gasteiger partial charge in [-0.3, -0.25) is 5.32 Å². The van der Waals surface area contributed by atoms with Crippen molar-refractivity contribution in [3.05, 3.63) is 41.7 Å². The van der Waals surface area contributed by atoms with Gasteiger partial charge in [0, 0.05) is 24.3 Å². The standard InChI is InChI=1S/C19H19F2N5OS/c1-11-23-9-15(28-11)12-2-3-13-8-24-17(7-14(13)6-12)25-18(27)26-5-4-16(22)19(20,21)10-26/h2-3,6-9,16H,4-5,10,22H2,1H3,(H,24,25,27). The Morgan fingerprint density at radius 1 is 1.29 bits per heavy atom. The fourth-order valence-electron chi connectivity index (χ4n) is 3.18. The van der Waals surface area contributed by atoms with Crippen LogP contribution in [0.3, 0.4) is 0 Å². The first kappa shape index (κ1) is 18.7. The van der Waals surface area contributed by atoms with Crippen LogP contribution >= 0.6 is 11.3 Å². The van der Waals surface area contributed by atoms with Crippen LogP contribution in [0.15, 0.2) is 36.7 Å². The molecule has 4 rings (SSSR count). The van der Waals surface area contributed by atoms with Gasteiger partial charge in [0.2, 0.25) is 0 Å². The molecule has 1 aromatic carbocycles. The molecule has 146 valence electrons. The zero-order chi connectivity index (χ0) is 19.9. The molecule has 1 aliphatic heterocycles. The number of piperidine rings is 1. The fourth-order valence-corrected chi connectivity index (χ4v) is 3.95. The lowest BCUT2D eigenvalue weighted by Gasteiger charge is -2.36. The number of nitrogens with one attached hydrogen (secondary N) is 1. The first-order chi connectivity index (χ1) is 13.3. The molecule has 0 aliphatic carbocycles. The average molecular weight is 403 g/mol. The molecule has 0 saturated carbocycles. The number of hydrogen-bond donors (Lipinski definition) is 2. The number of rotatable bonds is 2. The minimum absolute atomic E-state index is 0.0587. The molecule has 28 heavy (non-hydrogen) atoms. The van der Waals surface area contributed by atoms with Crippen LogP contribution in [-0.2, 0) is 0 Å². The second-order valence-electron chi connectivity index (χ2n) is 6.88. The summed E-state index contributed by atoms with van der Waals surface area (Å²) in [6.45, 7) is 1.44. The topological polar surface area (TPSA) is 84.1 Å². The molecule has 2 aromatic heterocycles. The number of anilines is 1. The Hall–Kier alpha value is -2.65. The maximum atomic E-state index is 13.8. The molecule has 1 atom stereocenters. The molecule has 1 saturated heterocycles. The quantitative estimate of drug-likeness (QED) is 0.680. The number of pyridine rings is 1. The summed E-state index contributed by atoms with van der Waals surface area (Å²) in [5.41, 5.74) is 6.45. The first-order valence-electron chi connectivity index (χ1n) is 8.84. The number of benzene rings is 1. The Balaban J connectivity index is 1.55. The molecule has 3 heterocycles. The van der Waals surface area contributed by atoms with Crippen molar-refractivity contribution in [1.82, 2.24) is 14.9 Å². The number of thiazole rings is 1. The number of halogens is 2. The number of carbonyl (C=O) groups excluding carboxylic acids is 1. The van der Waals surface area contributed by atoms with E-state index in [2.05, 4.69) is 15.3 Å². The number of urea groups is 1. The SMILES string of the molecule is Cc1ncc(-c2ccc3cnc(NC(=O)N4CCC(N)C(F)(F)C4)cc3c2)s1. The smallest absolute Gasteiger partial charge is 0.323 e. The van der Waals surface area contributed by atoms with E-state index in [9.17, 15) is 13.6 Å². The number of aromatic nitrogens is 2. The summed E-state index contributed by atoms with van der Waals surface area (Å²) in [5, 5.41) is 5.40. The van der Waals surface area contributed by atoms with Gasteiger partial charge in [-0.1, -0.05) is 12.1 Å². The van der Waals surface area contributed by atoms with E-state index >= 15 is 0 Å². The van der Waals surface area contributed by atoms with Crippen molar-refractivity contribution in [3.63, 3.8) is 0 Å². The van der Waals surface area contributed by atoms with E-state index < -0.39 is 24.5 Å². The molecular weight excluding hydrogens is 384 g/mol. The van der Waals surface area contributed by atoms with Crippen molar-refractivity contribution in [2.24, 2.45) is 5.73 Å². The predicted octanol–water partition coefficient (Wildman–Crippen LogP) is 3.87. The number of nitrogens with zero attached hydrogens (tertiary/aromatic N) is 3. The lowest BCUT2D eigenvalue weighted by molar-refractivity contribution is -0.0674. The van der Waals surface area contributed by atoms with E-state index in [1.165, 1.54) is 0 Å². The van der Waals surface area contributed by atoms with E-state index in [0.717, 1.165) is 31.1 Å². The second kappa shape index (κ2) is 7.06. The number of fused-ring (bicyclic) bond motifs is 1. The highest BCUT2D eigenvalue weighted by Gasteiger charge is 2.43. The number of alkyl halides is 2. The molecule has 3 aromatic rings. The molecule has 6 nitrogen and oxygen atoms in total. The highest BCUT2D eigenvalue weighted by molar-refractivity contribution is 7.15. The van der Waals surface area contributed by atoms with Crippen molar-refractivity contribution in [2.45, 2.75) is 25.3 Å². The number of aryl methyl sites for hydroxylation is 1. The van der Waals surface area contributed by atoms with E-state index in [1.807, 2.05) is 31.3 Å². The zero-order valence-electron chi connectivity index (χ0n) is 15.2. The van der Waals surface area contributed by atoms with Gasteiger partial charge in [0.15, 0.2) is 0 Å². The van der Waals surface area contributed by atoms with Gasteiger partial charge in [-0.25, -0.2) is 23.5 Å². The maximum absolute atomic E-state index is 13.8. The van der Waals surface area contributed by atoms with Crippen LogP contribution < -0.4 is 11.1 Å². The van der Waals surface area contributed by atoms with E-state index in [4.69, 9.17) is 5.73 Å². The summed E-state index contributed by atoms with van der Waals surface area (Å²) in [6, 6.07) is 5.85. The van der Waals surface area contributed by atoms with E-state index in [-0.39, 0.29) is 13.0 Å². The number of hydrogen-bond acceptors (Lipinski definition) is 5. The summed E-state index contributed by atoms with van der Waals surface area (Å²) < 4.78 is 27.6. The van der Waals surface area contributed by atoms with Crippen molar-refractivity contribution >= 4 is 34.0 Å². The summed E-state index contributed by atoms with van der Waals surface area (Å²) in [5.74, 6) is -2.78. The fraction of sp³-hybridized carbons (Fsp3) is 0.316.